The Kier molecular flexibility index (Phi) is 11.5. The predicted octanol–water partition coefficient (Wildman–Crippen LogP) is 5.49. The summed E-state index contributed by atoms with van der Waals surface area (Å²) >= 11 is 0. The number of methoxy groups -OCH3 is 1. The highest BCUT2D eigenvalue weighted by molar-refractivity contribution is 5.98. The molecule has 3 aromatic rings. The number of carbonyl (C=O) groups excluding carboxylic acids is 3. The number of benzene rings is 3. The normalized spacial score (nSPS) is 12.6. The monoisotopic (exact) mass is 574 g/mol. The van der Waals surface area contributed by atoms with Crippen molar-refractivity contribution in [1.82, 2.24) is 10.6 Å². The fraction of sp³-hybridized carbons (Fsp3) is 0.382. The van der Waals surface area contributed by atoms with Gasteiger partial charge in [-0.25, -0.2) is 4.79 Å². The van der Waals surface area contributed by atoms with Crippen molar-refractivity contribution in [1.29, 1.82) is 0 Å². The number of carbonyl (C=O) groups is 3. The van der Waals surface area contributed by atoms with E-state index in [0.717, 1.165) is 11.1 Å². The first-order chi connectivity index (χ1) is 19.9. The molecule has 0 saturated carbocycles. The number of esters is 1. The van der Waals surface area contributed by atoms with Gasteiger partial charge in [-0.2, -0.15) is 0 Å². The molecule has 0 aliphatic heterocycles. The van der Waals surface area contributed by atoms with Gasteiger partial charge in [0.15, 0.2) is 0 Å². The fourth-order valence-electron chi connectivity index (χ4n) is 4.25. The minimum absolute atomic E-state index is 0.106. The first-order valence-corrected chi connectivity index (χ1v) is 14.2. The van der Waals surface area contributed by atoms with E-state index in [-0.39, 0.29) is 12.3 Å². The summed E-state index contributed by atoms with van der Waals surface area (Å²) in [5.74, 6) is -0.0858. The highest BCUT2D eigenvalue weighted by Crippen LogP contribution is 2.18. The van der Waals surface area contributed by atoms with Gasteiger partial charge in [0.2, 0.25) is 5.91 Å². The zero-order valence-corrected chi connectivity index (χ0v) is 25.3. The standard InChI is InChI=1S/C34H42N2O6/c1-23(2)19-29(35-31(37)26-13-10-14-28(21-26)40-6)32(38)36-30(33(39)42-34(3,4)5)20-24-15-17-27(18-16-24)41-22-25-11-8-7-9-12-25/h7-18,21,23,29-30H,19-20,22H2,1-6H3,(H,35,37)(H,36,38). The average molecular weight is 575 g/mol. The van der Waals surface area contributed by atoms with E-state index in [1.165, 1.54) is 7.11 Å². The van der Waals surface area contributed by atoms with Crippen LogP contribution in [0.1, 0.15) is 62.5 Å². The third-order valence-corrected chi connectivity index (χ3v) is 6.28. The van der Waals surface area contributed by atoms with Gasteiger partial charge in [0.25, 0.3) is 5.91 Å². The van der Waals surface area contributed by atoms with Crippen LogP contribution < -0.4 is 20.1 Å². The van der Waals surface area contributed by atoms with Gasteiger partial charge in [-0.05, 0) is 74.6 Å². The SMILES string of the molecule is COc1cccc(C(=O)NC(CC(C)C)C(=O)NC(Cc2ccc(OCc3ccccc3)cc2)C(=O)OC(C)(C)C)c1. The van der Waals surface area contributed by atoms with Crippen LogP contribution in [-0.2, 0) is 27.4 Å². The van der Waals surface area contributed by atoms with Crippen molar-refractivity contribution in [3.05, 3.63) is 95.6 Å². The fourth-order valence-corrected chi connectivity index (χ4v) is 4.25. The molecule has 0 radical (unpaired) electrons. The highest BCUT2D eigenvalue weighted by atomic mass is 16.6. The first-order valence-electron chi connectivity index (χ1n) is 14.2. The van der Waals surface area contributed by atoms with E-state index >= 15 is 0 Å². The molecule has 3 aromatic carbocycles. The molecule has 0 heterocycles. The number of hydrogen-bond acceptors (Lipinski definition) is 6. The molecule has 2 N–H and O–H groups in total. The molecule has 8 nitrogen and oxygen atoms in total. The van der Waals surface area contributed by atoms with Crippen molar-refractivity contribution < 1.29 is 28.6 Å². The minimum atomic E-state index is -0.962. The minimum Gasteiger partial charge on any atom is -0.497 e. The molecule has 0 fully saturated rings. The van der Waals surface area contributed by atoms with Crippen molar-refractivity contribution in [3.8, 4) is 11.5 Å². The maximum absolute atomic E-state index is 13.5. The molecule has 0 bridgehead atoms. The lowest BCUT2D eigenvalue weighted by molar-refractivity contribution is -0.158. The third kappa shape index (κ3) is 10.6. The van der Waals surface area contributed by atoms with Crippen LogP contribution in [0, 0.1) is 5.92 Å². The van der Waals surface area contributed by atoms with Crippen LogP contribution in [0.3, 0.4) is 0 Å². The number of hydrogen-bond donors (Lipinski definition) is 2. The zero-order chi connectivity index (χ0) is 30.7. The Hall–Kier alpha value is -4.33. The molecule has 2 amide bonds. The van der Waals surface area contributed by atoms with Crippen LogP contribution in [-0.4, -0.2) is 42.6 Å². The molecule has 0 aliphatic carbocycles. The Morgan fingerprint density at radius 3 is 2.10 bits per heavy atom. The molecular weight excluding hydrogens is 532 g/mol. The number of nitrogens with one attached hydrogen (secondary N) is 2. The first kappa shape index (κ1) is 32.2. The highest BCUT2D eigenvalue weighted by Gasteiger charge is 2.31. The Balaban J connectivity index is 1.74. The second kappa shape index (κ2) is 15.1. The summed E-state index contributed by atoms with van der Waals surface area (Å²) in [5, 5.41) is 5.68. The van der Waals surface area contributed by atoms with Crippen LogP contribution in [0.4, 0.5) is 0 Å². The molecule has 3 rings (SSSR count). The van der Waals surface area contributed by atoms with E-state index in [0.29, 0.717) is 30.1 Å². The van der Waals surface area contributed by atoms with Gasteiger partial charge in [-0.15, -0.1) is 0 Å². The second-order valence-electron chi connectivity index (χ2n) is 11.6. The maximum atomic E-state index is 13.5. The molecule has 0 aliphatic rings. The summed E-state index contributed by atoms with van der Waals surface area (Å²) in [4.78, 5) is 39.8. The Labute approximate surface area is 248 Å². The van der Waals surface area contributed by atoms with Gasteiger partial charge in [0.1, 0.15) is 35.8 Å². The van der Waals surface area contributed by atoms with Crippen molar-refractivity contribution >= 4 is 17.8 Å². The molecule has 42 heavy (non-hydrogen) atoms. The van der Waals surface area contributed by atoms with Crippen molar-refractivity contribution in [3.63, 3.8) is 0 Å². The smallest absolute Gasteiger partial charge is 0.329 e. The maximum Gasteiger partial charge on any atom is 0.329 e. The Morgan fingerprint density at radius 2 is 1.48 bits per heavy atom. The second-order valence-corrected chi connectivity index (χ2v) is 11.6. The van der Waals surface area contributed by atoms with E-state index in [2.05, 4.69) is 10.6 Å². The Bertz CT molecular complexity index is 1320. The summed E-state index contributed by atoms with van der Waals surface area (Å²) in [6.45, 7) is 9.70. The van der Waals surface area contributed by atoms with Crippen molar-refractivity contribution in [2.75, 3.05) is 7.11 Å². The molecular formula is C34H42N2O6. The van der Waals surface area contributed by atoms with E-state index in [1.807, 2.05) is 68.4 Å². The zero-order valence-electron chi connectivity index (χ0n) is 25.3. The summed E-state index contributed by atoms with van der Waals surface area (Å²) in [5.41, 5.74) is 1.50. The molecule has 0 saturated heterocycles. The molecule has 2 atom stereocenters. The van der Waals surface area contributed by atoms with Gasteiger partial charge in [-0.1, -0.05) is 62.4 Å². The van der Waals surface area contributed by atoms with Crippen LogP contribution in [0.2, 0.25) is 0 Å². The van der Waals surface area contributed by atoms with E-state index in [4.69, 9.17) is 14.2 Å². The van der Waals surface area contributed by atoms with Crippen LogP contribution >= 0.6 is 0 Å². The van der Waals surface area contributed by atoms with E-state index in [1.54, 1.807) is 45.0 Å². The van der Waals surface area contributed by atoms with Gasteiger partial charge < -0.3 is 24.8 Å². The topological polar surface area (TPSA) is 103 Å². The molecule has 224 valence electrons. The van der Waals surface area contributed by atoms with Crippen molar-refractivity contribution in [2.45, 2.75) is 71.8 Å². The van der Waals surface area contributed by atoms with Crippen LogP contribution in [0.15, 0.2) is 78.9 Å². The summed E-state index contributed by atoms with van der Waals surface area (Å²) in [7, 11) is 1.52. The number of rotatable bonds is 13. The third-order valence-electron chi connectivity index (χ3n) is 6.28. The predicted molar refractivity (Wildman–Crippen MR) is 162 cm³/mol. The van der Waals surface area contributed by atoms with Crippen LogP contribution in [0.25, 0.3) is 0 Å². The lowest BCUT2D eigenvalue weighted by Crippen LogP contribution is -2.53. The molecule has 0 aromatic heterocycles. The van der Waals surface area contributed by atoms with Gasteiger partial charge in [-0.3, -0.25) is 9.59 Å². The van der Waals surface area contributed by atoms with Gasteiger partial charge >= 0.3 is 5.97 Å². The van der Waals surface area contributed by atoms with Gasteiger partial charge in [0, 0.05) is 12.0 Å². The van der Waals surface area contributed by atoms with E-state index in [9.17, 15) is 14.4 Å². The summed E-state index contributed by atoms with van der Waals surface area (Å²) < 4.78 is 16.7. The number of amides is 2. The number of ether oxygens (including phenoxy) is 3. The molecule has 0 spiro atoms. The molecule has 2 unspecified atom stereocenters. The quantitative estimate of drug-likeness (QED) is 0.262. The summed E-state index contributed by atoms with van der Waals surface area (Å²) in [6.07, 6.45) is 0.591. The largest absolute Gasteiger partial charge is 0.497 e. The summed E-state index contributed by atoms with van der Waals surface area (Å²) in [6, 6.07) is 22.1. The van der Waals surface area contributed by atoms with E-state index < -0.39 is 35.5 Å². The Morgan fingerprint density at radius 1 is 0.786 bits per heavy atom. The lowest BCUT2D eigenvalue weighted by atomic mass is 10.0. The average Bonchev–Trinajstić information content (AvgIpc) is 2.95. The van der Waals surface area contributed by atoms with Crippen LogP contribution in [0.5, 0.6) is 11.5 Å². The van der Waals surface area contributed by atoms with Gasteiger partial charge in [0.05, 0.1) is 7.11 Å². The lowest BCUT2D eigenvalue weighted by Gasteiger charge is -2.27. The molecule has 8 heteroatoms. The van der Waals surface area contributed by atoms with Crippen molar-refractivity contribution in [2.24, 2.45) is 5.92 Å².